The van der Waals surface area contributed by atoms with Crippen LogP contribution in [0.25, 0.3) is 0 Å². The number of carbonyl (C=O) groups excluding carboxylic acids is 2. The Bertz CT molecular complexity index is 245. The van der Waals surface area contributed by atoms with E-state index in [-0.39, 0.29) is 25.0 Å². The first-order chi connectivity index (χ1) is 7.15. The molecule has 0 radical (unpaired) electrons. The fourth-order valence-corrected chi connectivity index (χ4v) is 1.64. The molecule has 0 aromatic carbocycles. The van der Waals surface area contributed by atoms with Gasteiger partial charge in [-0.1, -0.05) is 0 Å². The smallest absolute Gasteiger partial charge is 0.321 e. The summed E-state index contributed by atoms with van der Waals surface area (Å²) in [6.07, 6.45) is 0.907. The SMILES string of the molecule is CNC(=O)NC(=O)CN1CCC(CO)C1. The summed E-state index contributed by atoms with van der Waals surface area (Å²) in [4.78, 5) is 24.0. The van der Waals surface area contributed by atoms with E-state index in [0.717, 1.165) is 19.5 Å². The molecule has 0 aliphatic carbocycles. The Kier molecular flexibility index (Phi) is 4.51. The van der Waals surface area contributed by atoms with E-state index in [1.165, 1.54) is 7.05 Å². The molecule has 1 aliphatic rings. The third-order valence-electron chi connectivity index (χ3n) is 2.48. The maximum Gasteiger partial charge on any atom is 0.321 e. The second kappa shape index (κ2) is 5.67. The first-order valence-corrected chi connectivity index (χ1v) is 5.00. The van der Waals surface area contributed by atoms with Crippen LogP contribution in [0.1, 0.15) is 6.42 Å². The standard InChI is InChI=1S/C9H17N3O3/c1-10-9(15)11-8(14)5-12-3-2-7(4-12)6-13/h7,13H,2-6H2,1H3,(H2,10,11,14,15). The van der Waals surface area contributed by atoms with Crippen molar-refractivity contribution < 1.29 is 14.7 Å². The zero-order valence-electron chi connectivity index (χ0n) is 8.82. The highest BCUT2D eigenvalue weighted by Gasteiger charge is 2.23. The Morgan fingerprint density at radius 3 is 2.80 bits per heavy atom. The van der Waals surface area contributed by atoms with Crippen molar-refractivity contribution in [2.45, 2.75) is 6.42 Å². The number of rotatable bonds is 3. The lowest BCUT2D eigenvalue weighted by atomic mass is 10.1. The Morgan fingerprint density at radius 2 is 2.27 bits per heavy atom. The van der Waals surface area contributed by atoms with Crippen molar-refractivity contribution in [3.63, 3.8) is 0 Å². The molecule has 1 unspecified atom stereocenters. The van der Waals surface area contributed by atoms with Gasteiger partial charge in [0.2, 0.25) is 5.91 Å². The predicted octanol–water partition coefficient (Wildman–Crippen LogP) is -1.24. The lowest BCUT2D eigenvalue weighted by molar-refractivity contribution is -0.120. The van der Waals surface area contributed by atoms with E-state index in [4.69, 9.17) is 5.11 Å². The van der Waals surface area contributed by atoms with Crippen molar-refractivity contribution in [1.29, 1.82) is 0 Å². The van der Waals surface area contributed by atoms with E-state index in [1.807, 2.05) is 4.90 Å². The molecule has 1 rings (SSSR count). The number of urea groups is 1. The molecule has 0 aromatic heterocycles. The first-order valence-electron chi connectivity index (χ1n) is 5.00. The minimum Gasteiger partial charge on any atom is -0.396 e. The number of hydrogen-bond acceptors (Lipinski definition) is 4. The number of nitrogens with zero attached hydrogens (tertiary/aromatic N) is 1. The molecule has 6 nitrogen and oxygen atoms in total. The summed E-state index contributed by atoms with van der Waals surface area (Å²) in [5, 5.41) is 13.4. The third kappa shape index (κ3) is 3.85. The second-order valence-corrected chi connectivity index (χ2v) is 3.70. The van der Waals surface area contributed by atoms with Gasteiger partial charge in [0.25, 0.3) is 0 Å². The van der Waals surface area contributed by atoms with Gasteiger partial charge in [-0.25, -0.2) is 4.79 Å². The monoisotopic (exact) mass is 215 g/mol. The highest BCUT2D eigenvalue weighted by Crippen LogP contribution is 2.14. The number of amides is 3. The largest absolute Gasteiger partial charge is 0.396 e. The molecule has 0 spiro atoms. The number of aliphatic hydroxyl groups excluding tert-OH is 1. The zero-order chi connectivity index (χ0) is 11.3. The second-order valence-electron chi connectivity index (χ2n) is 3.70. The van der Waals surface area contributed by atoms with Gasteiger partial charge in [0.15, 0.2) is 0 Å². The topological polar surface area (TPSA) is 81.7 Å². The van der Waals surface area contributed by atoms with Crippen LogP contribution in [0, 0.1) is 5.92 Å². The average molecular weight is 215 g/mol. The Morgan fingerprint density at radius 1 is 1.53 bits per heavy atom. The van der Waals surface area contributed by atoms with Gasteiger partial charge in [0.1, 0.15) is 0 Å². The number of hydrogen-bond donors (Lipinski definition) is 3. The Labute approximate surface area is 88.6 Å². The zero-order valence-corrected chi connectivity index (χ0v) is 8.82. The Hall–Kier alpha value is -1.14. The van der Waals surface area contributed by atoms with E-state index in [1.54, 1.807) is 0 Å². The summed E-state index contributed by atoms with van der Waals surface area (Å²) in [6.45, 7) is 1.89. The van der Waals surface area contributed by atoms with E-state index >= 15 is 0 Å². The highest BCUT2D eigenvalue weighted by atomic mass is 16.3. The number of carbonyl (C=O) groups is 2. The molecule has 0 saturated carbocycles. The van der Waals surface area contributed by atoms with Gasteiger partial charge in [-0.3, -0.25) is 15.0 Å². The fraction of sp³-hybridized carbons (Fsp3) is 0.778. The summed E-state index contributed by atoms with van der Waals surface area (Å²) in [5.41, 5.74) is 0. The van der Waals surface area contributed by atoms with Crippen LogP contribution in [0.5, 0.6) is 0 Å². The molecule has 6 heteroatoms. The molecule has 86 valence electrons. The van der Waals surface area contributed by atoms with Crippen molar-refractivity contribution >= 4 is 11.9 Å². The molecular weight excluding hydrogens is 198 g/mol. The summed E-state index contributed by atoms with van der Waals surface area (Å²) in [6, 6.07) is -0.488. The molecule has 1 saturated heterocycles. The van der Waals surface area contributed by atoms with Gasteiger partial charge in [0, 0.05) is 20.2 Å². The normalized spacial score (nSPS) is 21.3. The van der Waals surface area contributed by atoms with Crippen LogP contribution in [0.2, 0.25) is 0 Å². The minimum absolute atomic E-state index is 0.160. The summed E-state index contributed by atoms with van der Waals surface area (Å²) < 4.78 is 0. The molecule has 0 bridgehead atoms. The first kappa shape index (κ1) is 11.9. The summed E-state index contributed by atoms with van der Waals surface area (Å²) in [7, 11) is 1.46. The maximum absolute atomic E-state index is 11.3. The van der Waals surface area contributed by atoms with E-state index in [0.29, 0.717) is 0 Å². The fourth-order valence-electron chi connectivity index (χ4n) is 1.64. The van der Waals surface area contributed by atoms with Crippen molar-refractivity contribution in [3.8, 4) is 0 Å². The number of nitrogens with one attached hydrogen (secondary N) is 2. The Balaban J connectivity index is 2.24. The molecule has 1 atom stereocenters. The molecule has 3 amide bonds. The van der Waals surface area contributed by atoms with Gasteiger partial charge in [-0.15, -0.1) is 0 Å². The molecule has 15 heavy (non-hydrogen) atoms. The summed E-state index contributed by atoms with van der Waals surface area (Å²) >= 11 is 0. The van der Waals surface area contributed by atoms with Crippen LogP contribution < -0.4 is 10.6 Å². The highest BCUT2D eigenvalue weighted by molar-refractivity contribution is 5.95. The van der Waals surface area contributed by atoms with E-state index in [9.17, 15) is 9.59 Å². The van der Waals surface area contributed by atoms with E-state index in [2.05, 4.69) is 10.6 Å². The average Bonchev–Trinajstić information content (AvgIpc) is 2.65. The lowest BCUT2D eigenvalue weighted by Gasteiger charge is -2.14. The maximum atomic E-state index is 11.3. The third-order valence-corrected chi connectivity index (χ3v) is 2.48. The lowest BCUT2D eigenvalue weighted by Crippen LogP contribution is -2.43. The predicted molar refractivity (Wildman–Crippen MR) is 54.2 cm³/mol. The van der Waals surface area contributed by atoms with Crippen LogP contribution in [0.3, 0.4) is 0 Å². The molecule has 1 aliphatic heterocycles. The minimum atomic E-state index is -0.488. The van der Waals surface area contributed by atoms with Crippen LogP contribution in [-0.4, -0.2) is 55.2 Å². The van der Waals surface area contributed by atoms with Crippen LogP contribution in [-0.2, 0) is 4.79 Å². The van der Waals surface area contributed by atoms with Gasteiger partial charge in [-0.2, -0.15) is 0 Å². The molecular formula is C9H17N3O3. The molecule has 1 heterocycles. The molecule has 3 N–H and O–H groups in total. The van der Waals surface area contributed by atoms with Gasteiger partial charge < -0.3 is 10.4 Å². The number of imide groups is 1. The van der Waals surface area contributed by atoms with Crippen molar-refractivity contribution in [1.82, 2.24) is 15.5 Å². The van der Waals surface area contributed by atoms with Crippen molar-refractivity contribution in [3.05, 3.63) is 0 Å². The van der Waals surface area contributed by atoms with Crippen LogP contribution in [0.15, 0.2) is 0 Å². The number of likely N-dealkylation sites (tertiary alicyclic amines) is 1. The van der Waals surface area contributed by atoms with E-state index < -0.39 is 6.03 Å². The quantitative estimate of drug-likeness (QED) is 0.550. The van der Waals surface area contributed by atoms with Gasteiger partial charge >= 0.3 is 6.03 Å². The van der Waals surface area contributed by atoms with Crippen molar-refractivity contribution in [2.75, 3.05) is 33.3 Å². The van der Waals surface area contributed by atoms with Gasteiger partial charge in [0.05, 0.1) is 6.54 Å². The number of aliphatic hydroxyl groups is 1. The van der Waals surface area contributed by atoms with Gasteiger partial charge in [-0.05, 0) is 18.9 Å². The van der Waals surface area contributed by atoms with Crippen molar-refractivity contribution in [2.24, 2.45) is 5.92 Å². The van der Waals surface area contributed by atoms with Crippen LogP contribution >= 0.6 is 0 Å². The van der Waals surface area contributed by atoms with Crippen LogP contribution in [0.4, 0.5) is 4.79 Å². The summed E-state index contributed by atoms with van der Waals surface area (Å²) in [5.74, 6) is -0.0502. The molecule has 1 fully saturated rings. The molecule has 0 aromatic rings.